The predicted molar refractivity (Wildman–Crippen MR) is 100 cm³/mol. The molecule has 0 aliphatic carbocycles. The summed E-state index contributed by atoms with van der Waals surface area (Å²) >= 11 is 0. The molecule has 26 heavy (non-hydrogen) atoms. The molecule has 3 heterocycles. The van der Waals surface area contributed by atoms with E-state index in [4.69, 9.17) is 0 Å². The fraction of sp³-hybridized carbons (Fsp3) is 0.0526. The lowest BCUT2D eigenvalue weighted by molar-refractivity contribution is 0.601. The Hall–Kier alpha value is -3.19. The highest BCUT2D eigenvalue weighted by Gasteiger charge is 2.16. The van der Waals surface area contributed by atoms with Gasteiger partial charge in [-0.05, 0) is 60.0 Å². The highest BCUT2D eigenvalue weighted by molar-refractivity contribution is 7.92. The second kappa shape index (κ2) is 6.27. The lowest BCUT2D eigenvalue weighted by Gasteiger charge is -2.10. The quantitative estimate of drug-likeness (QED) is 0.601. The van der Waals surface area contributed by atoms with Crippen LogP contribution in [-0.4, -0.2) is 22.8 Å². The van der Waals surface area contributed by atoms with E-state index < -0.39 is 10.0 Å². The topological polar surface area (TPSA) is 76.4 Å². The number of pyridine rings is 1. The zero-order valence-corrected chi connectivity index (χ0v) is 14.8. The summed E-state index contributed by atoms with van der Waals surface area (Å²) in [5, 5.41) is 0. The Morgan fingerprint density at radius 2 is 1.62 bits per heavy atom. The van der Waals surface area contributed by atoms with Crippen LogP contribution in [0, 0.1) is 6.92 Å². The first-order valence-electron chi connectivity index (χ1n) is 8.00. The van der Waals surface area contributed by atoms with Crippen LogP contribution in [0.3, 0.4) is 0 Å². The number of nitrogens with one attached hydrogen (secondary N) is 1. The van der Waals surface area contributed by atoms with Crippen LogP contribution < -0.4 is 4.72 Å². The Balaban J connectivity index is 1.66. The van der Waals surface area contributed by atoms with Crippen molar-refractivity contribution in [2.24, 2.45) is 0 Å². The molecule has 3 aromatic heterocycles. The van der Waals surface area contributed by atoms with Crippen LogP contribution in [0.5, 0.6) is 0 Å². The van der Waals surface area contributed by atoms with Gasteiger partial charge >= 0.3 is 0 Å². The zero-order valence-electron chi connectivity index (χ0n) is 14.0. The van der Waals surface area contributed by atoms with Gasteiger partial charge in [0.05, 0.1) is 4.90 Å². The lowest BCUT2D eigenvalue weighted by Crippen LogP contribution is -2.15. The third-order valence-electron chi connectivity index (χ3n) is 4.05. The van der Waals surface area contributed by atoms with Crippen LogP contribution in [0.2, 0.25) is 0 Å². The van der Waals surface area contributed by atoms with E-state index in [2.05, 4.69) is 14.7 Å². The average Bonchev–Trinajstić information content (AvgIpc) is 3.04. The van der Waals surface area contributed by atoms with Crippen molar-refractivity contribution >= 4 is 21.5 Å². The van der Waals surface area contributed by atoms with E-state index in [1.807, 2.05) is 31.3 Å². The van der Waals surface area contributed by atoms with E-state index in [0.29, 0.717) is 11.5 Å². The fourth-order valence-corrected chi connectivity index (χ4v) is 3.84. The highest BCUT2D eigenvalue weighted by atomic mass is 32.2. The summed E-state index contributed by atoms with van der Waals surface area (Å²) in [6.07, 6.45) is 6.83. The maximum atomic E-state index is 12.7. The summed E-state index contributed by atoms with van der Waals surface area (Å²) in [6.45, 7) is 1.94. The number of benzene rings is 1. The average molecular weight is 364 g/mol. The second-order valence-corrected chi connectivity index (χ2v) is 7.62. The summed E-state index contributed by atoms with van der Waals surface area (Å²) in [5.41, 5.74) is 3.61. The molecule has 4 aromatic rings. The van der Waals surface area contributed by atoms with E-state index in [1.165, 1.54) is 0 Å². The summed E-state index contributed by atoms with van der Waals surface area (Å²) in [6, 6.07) is 14.0. The Labute approximate surface area is 151 Å². The first-order chi connectivity index (χ1) is 12.5. The monoisotopic (exact) mass is 364 g/mol. The predicted octanol–water partition coefficient (Wildman–Crippen LogP) is 3.51. The Bertz CT molecular complexity index is 1170. The van der Waals surface area contributed by atoms with Crippen molar-refractivity contribution in [1.29, 1.82) is 0 Å². The van der Waals surface area contributed by atoms with Gasteiger partial charge in [-0.2, -0.15) is 0 Å². The Kier molecular flexibility index (Phi) is 3.93. The van der Waals surface area contributed by atoms with Crippen LogP contribution in [0.1, 0.15) is 5.56 Å². The first kappa shape index (κ1) is 16.3. The fourth-order valence-electron chi connectivity index (χ4n) is 2.79. The van der Waals surface area contributed by atoms with Crippen molar-refractivity contribution in [1.82, 2.24) is 14.4 Å². The molecule has 0 fully saturated rings. The van der Waals surface area contributed by atoms with Gasteiger partial charge in [0.15, 0.2) is 0 Å². The van der Waals surface area contributed by atoms with Crippen LogP contribution >= 0.6 is 0 Å². The van der Waals surface area contributed by atoms with Crippen molar-refractivity contribution in [2.75, 3.05) is 4.72 Å². The summed E-state index contributed by atoms with van der Waals surface area (Å²) < 4.78 is 29.8. The zero-order chi connectivity index (χ0) is 18.1. The molecule has 0 amide bonds. The van der Waals surface area contributed by atoms with E-state index in [9.17, 15) is 8.42 Å². The number of aromatic nitrogens is 3. The smallest absolute Gasteiger partial charge is 0.263 e. The molecule has 0 saturated carbocycles. The normalized spacial score (nSPS) is 11.6. The molecule has 1 N–H and O–H groups in total. The van der Waals surface area contributed by atoms with Crippen molar-refractivity contribution in [3.8, 4) is 11.1 Å². The Morgan fingerprint density at radius 3 is 2.35 bits per heavy atom. The van der Waals surface area contributed by atoms with Crippen LogP contribution in [0.25, 0.3) is 16.8 Å². The standard InChI is InChI=1S/C19H16N4O2S/c1-14-12-19-21-11-8-18(23(19)13-14)22-26(24,25)17-4-2-15(3-5-17)16-6-9-20-10-7-16/h2-13,22H,1H3. The second-order valence-electron chi connectivity index (χ2n) is 5.94. The molecule has 4 rings (SSSR count). The maximum Gasteiger partial charge on any atom is 0.263 e. The van der Waals surface area contributed by atoms with Gasteiger partial charge in [0.25, 0.3) is 10.0 Å². The van der Waals surface area contributed by atoms with E-state index in [1.54, 1.807) is 53.3 Å². The number of aryl methyl sites for hydroxylation is 1. The number of anilines is 1. The van der Waals surface area contributed by atoms with Gasteiger partial charge in [0, 0.05) is 24.8 Å². The summed E-state index contributed by atoms with van der Waals surface area (Å²) in [7, 11) is -3.71. The van der Waals surface area contributed by atoms with Crippen molar-refractivity contribution in [3.05, 3.63) is 78.9 Å². The Morgan fingerprint density at radius 1 is 0.923 bits per heavy atom. The molecule has 7 heteroatoms. The van der Waals surface area contributed by atoms with Crippen LogP contribution in [-0.2, 0) is 10.0 Å². The number of hydrogen-bond donors (Lipinski definition) is 1. The van der Waals surface area contributed by atoms with Gasteiger partial charge in [-0.25, -0.2) is 13.4 Å². The van der Waals surface area contributed by atoms with Gasteiger partial charge in [-0.15, -0.1) is 0 Å². The maximum absolute atomic E-state index is 12.7. The van der Waals surface area contributed by atoms with Gasteiger partial charge < -0.3 is 0 Å². The number of hydrogen-bond acceptors (Lipinski definition) is 4. The largest absolute Gasteiger partial charge is 0.287 e. The van der Waals surface area contributed by atoms with Crippen molar-refractivity contribution in [3.63, 3.8) is 0 Å². The third-order valence-corrected chi connectivity index (χ3v) is 5.42. The SMILES string of the molecule is Cc1cc2nccc(NS(=O)(=O)c3ccc(-c4ccncc4)cc3)n2c1. The molecule has 6 nitrogen and oxygen atoms in total. The molecular weight excluding hydrogens is 348 g/mol. The lowest BCUT2D eigenvalue weighted by atomic mass is 10.1. The number of nitrogens with zero attached hydrogens (tertiary/aromatic N) is 3. The van der Waals surface area contributed by atoms with Gasteiger partial charge in [0.1, 0.15) is 11.5 Å². The molecule has 1 aromatic carbocycles. The van der Waals surface area contributed by atoms with Crippen LogP contribution in [0.15, 0.2) is 78.2 Å². The first-order valence-corrected chi connectivity index (χ1v) is 9.48. The molecule has 0 unspecified atom stereocenters. The molecule has 0 atom stereocenters. The van der Waals surface area contributed by atoms with E-state index in [0.717, 1.165) is 16.7 Å². The summed E-state index contributed by atoms with van der Waals surface area (Å²) in [4.78, 5) is 8.42. The minimum Gasteiger partial charge on any atom is -0.287 e. The minimum atomic E-state index is -3.71. The minimum absolute atomic E-state index is 0.198. The van der Waals surface area contributed by atoms with E-state index in [-0.39, 0.29) is 4.90 Å². The molecule has 0 aliphatic rings. The summed E-state index contributed by atoms with van der Waals surface area (Å²) in [5.74, 6) is 0.446. The van der Waals surface area contributed by atoms with Crippen molar-refractivity contribution in [2.45, 2.75) is 11.8 Å². The van der Waals surface area contributed by atoms with Gasteiger partial charge in [0.2, 0.25) is 0 Å². The van der Waals surface area contributed by atoms with Crippen molar-refractivity contribution < 1.29 is 8.42 Å². The van der Waals surface area contributed by atoms with E-state index >= 15 is 0 Å². The molecular formula is C19H16N4O2S. The van der Waals surface area contributed by atoms with Crippen LogP contribution in [0.4, 0.5) is 5.82 Å². The molecule has 0 spiro atoms. The molecule has 130 valence electrons. The van der Waals surface area contributed by atoms with Gasteiger partial charge in [-0.1, -0.05) is 12.1 Å². The highest BCUT2D eigenvalue weighted by Crippen LogP contribution is 2.22. The number of rotatable bonds is 4. The third kappa shape index (κ3) is 3.04. The molecule has 0 bridgehead atoms. The molecule has 0 radical (unpaired) electrons. The number of fused-ring (bicyclic) bond motifs is 1. The molecule has 0 saturated heterocycles. The molecule has 0 aliphatic heterocycles. The van der Waals surface area contributed by atoms with Gasteiger partial charge in [-0.3, -0.25) is 14.1 Å². The number of sulfonamides is 1.